The predicted octanol–water partition coefficient (Wildman–Crippen LogP) is 2.92. The van der Waals surface area contributed by atoms with Gasteiger partial charge >= 0.3 is 0 Å². The first-order valence-electron chi connectivity index (χ1n) is 5.42. The molecule has 0 N–H and O–H groups in total. The van der Waals surface area contributed by atoms with Crippen LogP contribution in [0.3, 0.4) is 0 Å². The van der Waals surface area contributed by atoms with E-state index >= 15 is 0 Å². The SMILES string of the molecule is CC/C=C1/C=NN(C)c2cc(OC)ccc21. The van der Waals surface area contributed by atoms with Crippen molar-refractivity contribution in [1.29, 1.82) is 0 Å². The maximum Gasteiger partial charge on any atom is 0.121 e. The fourth-order valence-electron chi connectivity index (χ4n) is 1.81. The van der Waals surface area contributed by atoms with Gasteiger partial charge in [-0.25, -0.2) is 0 Å². The highest BCUT2D eigenvalue weighted by Crippen LogP contribution is 2.32. The molecule has 0 aliphatic carbocycles. The van der Waals surface area contributed by atoms with E-state index in [1.165, 1.54) is 11.1 Å². The number of ether oxygens (including phenoxy) is 1. The zero-order valence-corrected chi connectivity index (χ0v) is 9.90. The summed E-state index contributed by atoms with van der Waals surface area (Å²) in [6, 6.07) is 6.07. The molecule has 0 saturated heterocycles. The molecule has 0 radical (unpaired) electrons. The molecule has 3 heteroatoms. The summed E-state index contributed by atoms with van der Waals surface area (Å²) in [5, 5.41) is 6.20. The van der Waals surface area contributed by atoms with Crippen molar-refractivity contribution in [3.05, 3.63) is 29.8 Å². The van der Waals surface area contributed by atoms with Gasteiger partial charge in [-0.2, -0.15) is 5.10 Å². The number of hydrogen-bond acceptors (Lipinski definition) is 3. The van der Waals surface area contributed by atoms with Crippen LogP contribution in [0.4, 0.5) is 5.69 Å². The Balaban J connectivity index is 2.51. The molecule has 3 nitrogen and oxygen atoms in total. The van der Waals surface area contributed by atoms with Crippen molar-refractivity contribution in [2.24, 2.45) is 5.10 Å². The fourth-order valence-corrected chi connectivity index (χ4v) is 1.81. The lowest BCUT2D eigenvalue weighted by Gasteiger charge is -2.23. The highest BCUT2D eigenvalue weighted by molar-refractivity contribution is 6.13. The van der Waals surface area contributed by atoms with Crippen LogP contribution >= 0.6 is 0 Å². The molecule has 84 valence electrons. The number of hydrazone groups is 1. The number of nitrogens with zero attached hydrogens (tertiary/aromatic N) is 2. The Hall–Kier alpha value is -1.77. The molecule has 2 rings (SSSR count). The summed E-state index contributed by atoms with van der Waals surface area (Å²) in [4.78, 5) is 0. The number of fused-ring (bicyclic) bond motifs is 1. The summed E-state index contributed by atoms with van der Waals surface area (Å²) in [7, 11) is 3.62. The van der Waals surface area contributed by atoms with Gasteiger partial charge in [-0.1, -0.05) is 13.0 Å². The van der Waals surface area contributed by atoms with Crippen molar-refractivity contribution in [3.8, 4) is 5.75 Å². The Bertz CT molecular complexity index is 449. The topological polar surface area (TPSA) is 24.8 Å². The molecule has 1 heterocycles. The maximum atomic E-state index is 5.23. The van der Waals surface area contributed by atoms with Gasteiger partial charge in [0.2, 0.25) is 0 Å². The molecule has 1 aliphatic heterocycles. The number of anilines is 1. The van der Waals surface area contributed by atoms with E-state index in [0.29, 0.717) is 0 Å². The highest BCUT2D eigenvalue weighted by Gasteiger charge is 2.15. The van der Waals surface area contributed by atoms with E-state index in [9.17, 15) is 0 Å². The minimum atomic E-state index is 0.860. The normalized spacial score (nSPS) is 16.4. The van der Waals surface area contributed by atoms with Gasteiger partial charge in [0.05, 0.1) is 19.0 Å². The molecule has 0 fully saturated rings. The largest absolute Gasteiger partial charge is 0.497 e. The van der Waals surface area contributed by atoms with Gasteiger partial charge in [-0.3, -0.25) is 5.01 Å². The van der Waals surface area contributed by atoms with Crippen molar-refractivity contribution in [1.82, 2.24) is 0 Å². The van der Waals surface area contributed by atoms with E-state index in [1.807, 2.05) is 30.4 Å². The van der Waals surface area contributed by atoms with Crippen molar-refractivity contribution < 1.29 is 4.74 Å². The lowest BCUT2D eigenvalue weighted by atomic mass is 10.0. The maximum absolute atomic E-state index is 5.23. The molecule has 0 saturated carbocycles. The molecule has 1 aromatic carbocycles. The van der Waals surface area contributed by atoms with Gasteiger partial charge < -0.3 is 4.74 Å². The molecule has 1 aromatic rings. The molecule has 0 atom stereocenters. The highest BCUT2D eigenvalue weighted by atomic mass is 16.5. The van der Waals surface area contributed by atoms with Crippen LogP contribution in [0.15, 0.2) is 29.4 Å². The van der Waals surface area contributed by atoms with Gasteiger partial charge in [0.25, 0.3) is 0 Å². The second-order valence-electron chi connectivity index (χ2n) is 3.72. The molecule has 0 unspecified atom stereocenters. The molecule has 0 aromatic heterocycles. The summed E-state index contributed by atoms with van der Waals surface area (Å²) >= 11 is 0. The third-order valence-electron chi connectivity index (χ3n) is 2.66. The third kappa shape index (κ3) is 1.81. The Morgan fingerprint density at radius 1 is 1.44 bits per heavy atom. The van der Waals surface area contributed by atoms with E-state index in [-0.39, 0.29) is 0 Å². The summed E-state index contributed by atoms with van der Waals surface area (Å²) in [6.45, 7) is 2.13. The predicted molar refractivity (Wildman–Crippen MR) is 68.2 cm³/mol. The standard InChI is InChI=1S/C13H16N2O/c1-4-5-10-9-14-15(2)13-8-11(16-3)6-7-12(10)13/h5-9H,4H2,1-3H3/b10-5-. The van der Waals surface area contributed by atoms with Gasteiger partial charge in [0, 0.05) is 18.7 Å². The summed E-state index contributed by atoms with van der Waals surface area (Å²) < 4.78 is 5.23. The van der Waals surface area contributed by atoms with E-state index in [2.05, 4.69) is 24.2 Å². The quantitative estimate of drug-likeness (QED) is 0.759. The van der Waals surface area contributed by atoms with Crippen molar-refractivity contribution in [2.75, 3.05) is 19.2 Å². The molecule has 0 bridgehead atoms. The minimum absolute atomic E-state index is 0.860. The Kier molecular flexibility index (Phi) is 2.95. The Morgan fingerprint density at radius 2 is 2.25 bits per heavy atom. The fraction of sp³-hybridized carbons (Fsp3) is 0.308. The van der Waals surface area contributed by atoms with Gasteiger partial charge in [-0.15, -0.1) is 0 Å². The first kappa shape index (κ1) is 10.7. The zero-order chi connectivity index (χ0) is 11.5. The molecule has 0 amide bonds. The van der Waals surface area contributed by atoms with Crippen LogP contribution in [0, 0.1) is 0 Å². The zero-order valence-electron chi connectivity index (χ0n) is 9.90. The van der Waals surface area contributed by atoms with Crippen LogP contribution in [0.1, 0.15) is 18.9 Å². The van der Waals surface area contributed by atoms with Crippen molar-refractivity contribution in [3.63, 3.8) is 0 Å². The van der Waals surface area contributed by atoms with E-state index < -0.39 is 0 Å². The van der Waals surface area contributed by atoms with E-state index in [1.54, 1.807) is 7.11 Å². The monoisotopic (exact) mass is 216 g/mol. The number of methoxy groups -OCH3 is 1. The second kappa shape index (κ2) is 4.39. The smallest absolute Gasteiger partial charge is 0.121 e. The molecule has 1 aliphatic rings. The number of benzene rings is 1. The lowest BCUT2D eigenvalue weighted by molar-refractivity contribution is 0.415. The van der Waals surface area contributed by atoms with Crippen LogP contribution < -0.4 is 9.75 Å². The van der Waals surface area contributed by atoms with Gasteiger partial charge in [0.1, 0.15) is 5.75 Å². The summed E-state index contributed by atoms with van der Waals surface area (Å²) in [6.07, 6.45) is 5.09. The first-order valence-corrected chi connectivity index (χ1v) is 5.42. The second-order valence-corrected chi connectivity index (χ2v) is 3.72. The molecule has 16 heavy (non-hydrogen) atoms. The van der Waals surface area contributed by atoms with Crippen LogP contribution in [0.5, 0.6) is 5.75 Å². The molecular weight excluding hydrogens is 200 g/mol. The molecule has 0 spiro atoms. The Morgan fingerprint density at radius 3 is 2.94 bits per heavy atom. The third-order valence-corrected chi connectivity index (χ3v) is 2.66. The summed E-state index contributed by atoms with van der Waals surface area (Å²) in [5.41, 5.74) is 3.47. The minimum Gasteiger partial charge on any atom is -0.497 e. The average molecular weight is 216 g/mol. The van der Waals surface area contributed by atoms with E-state index in [4.69, 9.17) is 4.74 Å². The van der Waals surface area contributed by atoms with Gasteiger partial charge in [0.15, 0.2) is 0 Å². The van der Waals surface area contributed by atoms with Gasteiger partial charge in [-0.05, 0) is 24.1 Å². The van der Waals surface area contributed by atoms with Crippen LogP contribution in [-0.4, -0.2) is 20.4 Å². The first-order chi connectivity index (χ1) is 7.76. The van der Waals surface area contributed by atoms with Crippen LogP contribution in [0.25, 0.3) is 5.57 Å². The van der Waals surface area contributed by atoms with E-state index in [0.717, 1.165) is 17.9 Å². The Labute approximate surface area is 96.0 Å². The number of hydrogen-bond donors (Lipinski definition) is 0. The molecular formula is C13H16N2O. The van der Waals surface area contributed by atoms with Crippen LogP contribution in [0.2, 0.25) is 0 Å². The number of allylic oxidation sites excluding steroid dienone is 2. The van der Waals surface area contributed by atoms with Crippen molar-refractivity contribution in [2.45, 2.75) is 13.3 Å². The average Bonchev–Trinajstić information content (AvgIpc) is 2.33. The lowest BCUT2D eigenvalue weighted by Crippen LogP contribution is -2.15. The van der Waals surface area contributed by atoms with Crippen molar-refractivity contribution >= 4 is 17.5 Å². The van der Waals surface area contributed by atoms with Crippen LogP contribution in [-0.2, 0) is 0 Å². The number of rotatable bonds is 2. The summed E-state index contributed by atoms with van der Waals surface area (Å²) in [5.74, 6) is 0.860.